The maximum absolute atomic E-state index is 12.1. The van der Waals surface area contributed by atoms with Crippen molar-refractivity contribution in [3.8, 4) is 0 Å². The third kappa shape index (κ3) is 3.03. The second-order valence-electron chi connectivity index (χ2n) is 5.03. The van der Waals surface area contributed by atoms with E-state index in [9.17, 15) is 19.7 Å². The normalized spacial score (nSPS) is 14.2. The van der Waals surface area contributed by atoms with Crippen molar-refractivity contribution in [2.75, 3.05) is 18.4 Å². The first-order valence-corrected chi connectivity index (χ1v) is 6.79. The number of pyridine rings is 1. The van der Waals surface area contributed by atoms with Gasteiger partial charge < -0.3 is 14.6 Å². The number of hydrogen-bond donors (Lipinski definition) is 1. The third-order valence-electron chi connectivity index (χ3n) is 3.47. The van der Waals surface area contributed by atoms with Gasteiger partial charge in [-0.2, -0.15) is 0 Å². The van der Waals surface area contributed by atoms with Crippen molar-refractivity contribution in [1.29, 1.82) is 0 Å². The summed E-state index contributed by atoms with van der Waals surface area (Å²) >= 11 is 0. The van der Waals surface area contributed by atoms with Gasteiger partial charge in [-0.25, -0.2) is 0 Å². The van der Waals surface area contributed by atoms with E-state index in [1.54, 1.807) is 24.5 Å². The van der Waals surface area contributed by atoms with Crippen LogP contribution in [-0.2, 0) is 4.79 Å². The number of nitrogens with one attached hydrogen (secondary N) is 1. The summed E-state index contributed by atoms with van der Waals surface area (Å²) in [5, 5.41) is 13.3. The van der Waals surface area contributed by atoms with Gasteiger partial charge in [0.25, 0.3) is 5.91 Å². The molecule has 0 unspecified atom stereocenters. The zero-order valence-corrected chi connectivity index (χ0v) is 11.8. The number of rotatable bonds is 4. The van der Waals surface area contributed by atoms with Gasteiger partial charge in [-0.1, -0.05) is 0 Å². The molecule has 3 rings (SSSR count). The zero-order chi connectivity index (χ0) is 16.4. The fraction of sp³-hybridized carbons (Fsp3) is 0.214. The summed E-state index contributed by atoms with van der Waals surface area (Å²) in [5.41, 5.74) is 0.636. The molecule has 3 heterocycles. The number of likely N-dealkylation sites (tertiary alicyclic amines) is 1. The van der Waals surface area contributed by atoms with Gasteiger partial charge in [0.2, 0.25) is 5.91 Å². The minimum atomic E-state index is -0.710. The minimum absolute atomic E-state index is 0.107. The SMILES string of the molecule is O=C(Nc1ccncc1)C1CN(C(=O)c2ccc([N+](=O)[O-])o2)C1. The van der Waals surface area contributed by atoms with E-state index in [-0.39, 0.29) is 30.7 Å². The first-order valence-electron chi connectivity index (χ1n) is 6.79. The molecule has 0 aliphatic carbocycles. The van der Waals surface area contributed by atoms with Crippen LogP contribution in [0.3, 0.4) is 0 Å². The van der Waals surface area contributed by atoms with E-state index in [1.165, 1.54) is 11.0 Å². The molecule has 2 aromatic heterocycles. The van der Waals surface area contributed by atoms with E-state index in [0.29, 0.717) is 5.69 Å². The van der Waals surface area contributed by atoms with E-state index >= 15 is 0 Å². The molecule has 0 spiro atoms. The predicted octanol–water partition coefficient (Wildman–Crippen LogP) is 1.29. The molecule has 9 heteroatoms. The molecule has 0 saturated carbocycles. The van der Waals surface area contributed by atoms with Gasteiger partial charge in [-0.3, -0.25) is 24.7 Å². The largest absolute Gasteiger partial charge is 0.433 e. The van der Waals surface area contributed by atoms with E-state index in [0.717, 1.165) is 6.07 Å². The van der Waals surface area contributed by atoms with Crippen LogP contribution in [0.1, 0.15) is 10.6 Å². The molecular weight excluding hydrogens is 304 g/mol. The van der Waals surface area contributed by atoms with Gasteiger partial charge in [-0.05, 0) is 18.2 Å². The summed E-state index contributed by atoms with van der Waals surface area (Å²) in [7, 11) is 0. The summed E-state index contributed by atoms with van der Waals surface area (Å²) in [6, 6.07) is 5.72. The number of anilines is 1. The van der Waals surface area contributed by atoms with Crippen LogP contribution in [0.25, 0.3) is 0 Å². The fourth-order valence-electron chi connectivity index (χ4n) is 2.19. The van der Waals surface area contributed by atoms with Crippen LogP contribution in [0.2, 0.25) is 0 Å². The van der Waals surface area contributed by atoms with Crippen molar-refractivity contribution in [2.24, 2.45) is 5.92 Å². The number of nitrogens with zero attached hydrogens (tertiary/aromatic N) is 3. The van der Waals surface area contributed by atoms with E-state index in [1.807, 2.05) is 0 Å². The number of amides is 2. The highest BCUT2D eigenvalue weighted by Gasteiger charge is 2.37. The van der Waals surface area contributed by atoms with Gasteiger partial charge >= 0.3 is 5.88 Å². The molecule has 1 fully saturated rings. The zero-order valence-electron chi connectivity index (χ0n) is 11.8. The van der Waals surface area contributed by atoms with Gasteiger partial charge in [-0.15, -0.1) is 0 Å². The molecule has 23 heavy (non-hydrogen) atoms. The Morgan fingerprint density at radius 1 is 1.26 bits per heavy atom. The van der Waals surface area contributed by atoms with Gasteiger partial charge in [0.05, 0.1) is 12.0 Å². The Hall–Kier alpha value is -3.23. The Morgan fingerprint density at radius 3 is 2.57 bits per heavy atom. The number of carbonyl (C=O) groups excluding carboxylic acids is 2. The number of furan rings is 1. The highest BCUT2D eigenvalue weighted by molar-refractivity contribution is 5.97. The van der Waals surface area contributed by atoms with Crippen LogP contribution in [-0.4, -0.2) is 39.7 Å². The monoisotopic (exact) mass is 316 g/mol. The van der Waals surface area contributed by atoms with E-state index < -0.39 is 16.7 Å². The molecule has 2 amide bonds. The summed E-state index contributed by atoms with van der Waals surface area (Å²) in [4.78, 5) is 39.1. The predicted molar refractivity (Wildman–Crippen MR) is 77.6 cm³/mol. The van der Waals surface area contributed by atoms with E-state index in [2.05, 4.69) is 10.3 Å². The summed E-state index contributed by atoms with van der Waals surface area (Å²) in [6.07, 6.45) is 3.13. The second-order valence-corrected chi connectivity index (χ2v) is 5.03. The fourth-order valence-corrected chi connectivity index (χ4v) is 2.19. The lowest BCUT2D eigenvalue weighted by Gasteiger charge is -2.37. The molecule has 0 radical (unpaired) electrons. The molecule has 9 nitrogen and oxygen atoms in total. The Kier molecular flexibility index (Phi) is 3.75. The molecule has 1 N–H and O–H groups in total. The van der Waals surface area contributed by atoms with Crippen molar-refractivity contribution >= 4 is 23.4 Å². The lowest BCUT2D eigenvalue weighted by Crippen LogP contribution is -2.54. The van der Waals surface area contributed by atoms with Crippen molar-refractivity contribution < 1.29 is 18.9 Å². The maximum Gasteiger partial charge on any atom is 0.433 e. The molecule has 2 aromatic rings. The van der Waals surface area contributed by atoms with Gasteiger partial charge in [0.15, 0.2) is 5.76 Å². The summed E-state index contributed by atoms with van der Waals surface area (Å²) < 4.78 is 4.86. The number of aromatic nitrogens is 1. The standard InChI is InChI=1S/C14H12N4O5/c19-13(16-10-3-5-15-6-4-10)9-7-17(8-9)14(20)11-1-2-12(23-11)18(21)22/h1-6,9H,7-8H2,(H,15,16,19). The Balaban J connectivity index is 1.54. The lowest BCUT2D eigenvalue weighted by molar-refractivity contribution is -0.402. The summed E-state index contributed by atoms with van der Waals surface area (Å²) in [5.74, 6) is -1.57. The quantitative estimate of drug-likeness (QED) is 0.670. The van der Waals surface area contributed by atoms with Crippen molar-refractivity contribution in [1.82, 2.24) is 9.88 Å². The Labute approximate surface area is 130 Å². The first-order chi connectivity index (χ1) is 11.0. The summed E-state index contributed by atoms with van der Waals surface area (Å²) in [6.45, 7) is 0.481. The maximum atomic E-state index is 12.1. The van der Waals surface area contributed by atoms with Crippen LogP contribution < -0.4 is 5.32 Å². The molecule has 0 atom stereocenters. The van der Waals surface area contributed by atoms with Crippen LogP contribution in [0.5, 0.6) is 0 Å². The average Bonchev–Trinajstić information content (AvgIpc) is 2.96. The lowest BCUT2D eigenvalue weighted by atomic mass is 9.98. The van der Waals surface area contributed by atoms with E-state index in [4.69, 9.17) is 4.42 Å². The van der Waals surface area contributed by atoms with Gasteiger partial charge in [0.1, 0.15) is 4.92 Å². The molecule has 1 aliphatic rings. The number of hydrogen-bond acceptors (Lipinski definition) is 6. The van der Waals surface area contributed by atoms with Crippen LogP contribution >= 0.6 is 0 Å². The highest BCUT2D eigenvalue weighted by atomic mass is 16.6. The Bertz CT molecular complexity index is 752. The van der Waals surface area contributed by atoms with Crippen molar-refractivity contribution in [2.45, 2.75) is 0 Å². The van der Waals surface area contributed by atoms with Crippen LogP contribution in [0.4, 0.5) is 11.6 Å². The Morgan fingerprint density at radius 2 is 1.96 bits per heavy atom. The highest BCUT2D eigenvalue weighted by Crippen LogP contribution is 2.23. The number of nitro groups is 1. The molecule has 118 valence electrons. The smallest absolute Gasteiger partial charge is 0.395 e. The van der Waals surface area contributed by atoms with Crippen molar-refractivity contribution in [3.63, 3.8) is 0 Å². The second kappa shape index (κ2) is 5.87. The molecule has 1 saturated heterocycles. The number of carbonyl (C=O) groups is 2. The minimum Gasteiger partial charge on any atom is -0.395 e. The average molecular weight is 316 g/mol. The molecule has 0 bridgehead atoms. The van der Waals surface area contributed by atoms with Crippen molar-refractivity contribution in [3.05, 3.63) is 52.5 Å². The first kappa shape index (κ1) is 14.7. The van der Waals surface area contributed by atoms with Gasteiger partial charge in [0, 0.05) is 31.2 Å². The van der Waals surface area contributed by atoms with Crippen LogP contribution in [0.15, 0.2) is 41.1 Å². The molecular formula is C14H12N4O5. The van der Waals surface area contributed by atoms with Crippen LogP contribution in [0, 0.1) is 16.0 Å². The topological polar surface area (TPSA) is 119 Å². The molecule has 0 aromatic carbocycles. The third-order valence-corrected chi connectivity index (χ3v) is 3.47. The molecule has 1 aliphatic heterocycles.